The quantitative estimate of drug-likeness (QED) is 0.807. The number of anilines is 1. The van der Waals surface area contributed by atoms with Crippen LogP contribution in [0.4, 0.5) is 5.69 Å². The van der Waals surface area contributed by atoms with Gasteiger partial charge >= 0.3 is 5.69 Å². The van der Waals surface area contributed by atoms with Gasteiger partial charge < -0.3 is 14.8 Å². The van der Waals surface area contributed by atoms with E-state index in [2.05, 4.69) is 5.32 Å². The fourth-order valence-corrected chi connectivity index (χ4v) is 2.68. The number of hydrogen-bond acceptors (Lipinski definition) is 6. The molecule has 140 valence electrons. The molecule has 0 atom stereocenters. The van der Waals surface area contributed by atoms with Crippen molar-refractivity contribution in [3.63, 3.8) is 0 Å². The second-order valence-electron chi connectivity index (χ2n) is 6.12. The van der Waals surface area contributed by atoms with Crippen molar-refractivity contribution in [1.82, 2.24) is 9.13 Å². The molecule has 1 heterocycles. The zero-order valence-electron chi connectivity index (χ0n) is 14.9. The van der Waals surface area contributed by atoms with E-state index in [0.717, 1.165) is 17.4 Å². The molecule has 0 unspecified atom stereocenters. The first-order valence-corrected chi connectivity index (χ1v) is 8.25. The van der Waals surface area contributed by atoms with E-state index >= 15 is 0 Å². The molecule has 1 aliphatic carbocycles. The van der Waals surface area contributed by atoms with E-state index < -0.39 is 23.7 Å². The molecule has 0 spiro atoms. The third-order valence-electron chi connectivity index (χ3n) is 4.19. The molecular weight excluding hydrogens is 352 g/mol. The monoisotopic (exact) mass is 370 g/mol. The van der Waals surface area contributed by atoms with Gasteiger partial charge in [0.05, 0.1) is 14.2 Å². The van der Waals surface area contributed by atoms with Crippen LogP contribution >= 0.6 is 0 Å². The Labute approximate surface area is 154 Å². The van der Waals surface area contributed by atoms with Crippen molar-refractivity contribution in [3.05, 3.63) is 50.8 Å². The minimum absolute atomic E-state index is 0.0258. The van der Waals surface area contributed by atoms with Crippen molar-refractivity contribution in [2.75, 3.05) is 19.5 Å². The molecule has 1 aromatic carbocycles. The first-order valence-electron chi connectivity index (χ1n) is 8.25. The van der Waals surface area contributed by atoms with Crippen molar-refractivity contribution in [1.29, 1.82) is 5.26 Å². The van der Waals surface area contributed by atoms with Crippen molar-refractivity contribution in [2.24, 2.45) is 0 Å². The number of carbonyl (C=O) groups is 1. The minimum atomic E-state index is -0.780. The van der Waals surface area contributed by atoms with Crippen LogP contribution in [0.1, 0.15) is 24.4 Å². The number of nitrogens with one attached hydrogen (secondary N) is 1. The number of nitrogens with zero attached hydrogens (tertiary/aromatic N) is 3. The molecule has 9 heteroatoms. The van der Waals surface area contributed by atoms with E-state index in [-0.39, 0.29) is 11.6 Å². The van der Waals surface area contributed by atoms with Crippen molar-refractivity contribution in [2.45, 2.75) is 25.4 Å². The summed E-state index contributed by atoms with van der Waals surface area (Å²) in [5, 5.41) is 11.7. The summed E-state index contributed by atoms with van der Waals surface area (Å²) in [6.45, 7) is -0.501. The van der Waals surface area contributed by atoms with E-state index in [1.54, 1.807) is 24.3 Å². The van der Waals surface area contributed by atoms with E-state index in [0.29, 0.717) is 17.2 Å². The van der Waals surface area contributed by atoms with Gasteiger partial charge in [0.2, 0.25) is 5.91 Å². The largest absolute Gasteiger partial charge is 0.497 e. The number of benzene rings is 1. The van der Waals surface area contributed by atoms with Crippen LogP contribution in [0.5, 0.6) is 11.5 Å². The first-order chi connectivity index (χ1) is 13.0. The SMILES string of the molecule is COc1cc(NC(=O)Cn2c(=O)c(C#N)cn(C3CC3)c2=O)cc(OC)c1. The summed E-state index contributed by atoms with van der Waals surface area (Å²) in [6, 6.07) is 6.56. The van der Waals surface area contributed by atoms with Crippen LogP contribution in [-0.4, -0.2) is 29.3 Å². The van der Waals surface area contributed by atoms with Gasteiger partial charge in [0, 0.05) is 36.1 Å². The number of hydrogen-bond donors (Lipinski definition) is 1. The minimum Gasteiger partial charge on any atom is -0.497 e. The summed E-state index contributed by atoms with van der Waals surface area (Å²) in [4.78, 5) is 37.2. The molecule has 0 saturated heterocycles. The summed E-state index contributed by atoms with van der Waals surface area (Å²) >= 11 is 0. The maximum atomic E-state index is 12.5. The lowest BCUT2D eigenvalue weighted by molar-refractivity contribution is -0.116. The summed E-state index contributed by atoms with van der Waals surface area (Å²) in [6.07, 6.45) is 2.88. The lowest BCUT2D eigenvalue weighted by Gasteiger charge is -2.12. The Balaban J connectivity index is 1.89. The third kappa shape index (κ3) is 3.84. The van der Waals surface area contributed by atoms with E-state index in [1.165, 1.54) is 25.0 Å². The lowest BCUT2D eigenvalue weighted by Crippen LogP contribution is -2.43. The predicted molar refractivity (Wildman–Crippen MR) is 96.1 cm³/mol. The highest BCUT2D eigenvalue weighted by Crippen LogP contribution is 2.33. The standard InChI is InChI=1S/C18H18N4O5/c1-26-14-5-12(6-15(7-14)27-2)20-16(23)10-22-17(24)11(8-19)9-21(18(22)25)13-3-4-13/h5-7,9,13H,3-4,10H2,1-2H3,(H,20,23). The van der Waals surface area contributed by atoms with Crippen molar-refractivity contribution in [3.8, 4) is 17.6 Å². The molecule has 1 saturated carbocycles. The zero-order chi connectivity index (χ0) is 19.6. The fraction of sp³-hybridized carbons (Fsp3) is 0.333. The first kappa shape index (κ1) is 18.3. The van der Waals surface area contributed by atoms with Gasteiger partial charge in [-0.05, 0) is 12.8 Å². The zero-order valence-corrected chi connectivity index (χ0v) is 14.9. The molecular formula is C18H18N4O5. The van der Waals surface area contributed by atoms with Gasteiger partial charge in [-0.25, -0.2) is 9.36 Å². The second kappa shape index (κ2) is 7.37. The van der Waals surface area contributed by atoms with E-state index in [1.807, 2.05) is 0 Å². The Kier molecular flexibility index (Phi) is 4.98. The average molecular weight is 370 g/mol. The number of rotatable bonds is 6. The third-order valence-corrected chi connectivity index (χ3v) is 4.19. The Bertz CT molecular complexity index is 1020. The smallest absolute Gasteiger partial charge is 0.331 e. The average Bonchev–Trinajstić information content (AvgIpc) is 3.50. The number of amides is 1. The molecule has 27 heavy (non-hydrogen) atoms. The van der Waals surface area contributed by atoms with Gasteiger partial charge in [0.15, 0.2) is 0 Å². The van der Waals surface area contributed by atoms with Gasteiger partial charge in [0.25, 0.3) is 5.56 Å². The van der Waals surface area contributed by atoms with Gasteiger partial charge in [-0.15, -0.1) is 0 Å². The molecule has 1 aromatic heterocycles. The molecule has 1 amide bonds. The Morgan fingerprint density at radius 1 is 1.22 bits per heavy atom. The van der Waals surface area contributed by atoms with Crippen LogP contribution in [0.15, 0.2) is 34.0 Å². The molecule has 0 bridgehead atoms. The van der Waals surface area contributed by atoms with Gasteiger partial charge in [-0.3, -0.25) is 14.2 Å². The highest BCUT2D eigenvalue weighted by Gasteiger charge is 2.27. The molecule has 9 nitrogen and oxygen atoms in total. The highest BCUT2D eigenvalue weighted by molar-refractivity contribution is 5.91. The summed E-state index contributed by atoms with van der Waals surface area (Å²) < 4.78 is 12.4. The van der Waals surface area contributed by atoms with Gasteiger partial charge in [-0.1, -0.05) is 0 Å². The number of carbonyl (C=O) groups excluding carboxylic acids is 1. The Morgan fingerprint density at radius 3 is 2.37 bits per heavy atom. The lowest BCUT2D eigenvalue weighted by atomic mass is 10.2. The molecule has 0 aliphatic heterocycles. The van der Waals surface area contributed by atoms with Gasteiger partial charge in [0.1, 0.15) is 29.7 Å². The van der Waals surface area contributed by atoms with Crippen LogP contribution in [0.3, 0.4) is 0 Å². The second-order valence-corrected chi connectivity index (χ2v) is 6.12. The Hall–Kier alpha value is -3.54. The maximum Gasteiger partial charge on any atom is 0.331 e. The Morgan fingerprint density at radius 2 is 1.85 bits per heavy atom. The normalized spacial score (nSPS) is 12.9. The molecule has 1 fully saturated rings. The number of aromatic nitrogens is 2. The fourth-order valence-electron chi connectivity index (χ4n) is 2.68. The number of ether oxygens (including phenoxy) is 2. The predicted octanol–water partition coefficient (Wildman–Crippen LogP) is 0.872. The number of nitriles is 1. The molecule has 2 aromatic rings. The topological polar surface area (TPSA) is 115 Å². The summed E-state index contributed by atoms with van der Waals surface area (Å²) in [7, 11) is 2.96. The van der Waals surface area contributed by atoms with Crippen LogP contribution in [-0.2, 0) is 11.3 Å². The van der Waals surface area contributed by atoms with Crippen LogP contribution in [0.25, 0.3) is 0 Å². The van der Waals surface area contributed by atoms with Crippen molar-refractivity contribution < 1.29 is 14.3 Å². The van der Waals surface area contributed by atoms with Gasteiger partial charge in [-0.2, -0.15) is 5.26 Å². The molecule has 1 N–H and O–H groups in total. The molecule has 0 radical (unpaired) electrons. The maximum absolute atomic E-state index is 12.5. The highest BCUT2D eigenvalue weighted by atomic mass is 16.5. The van der Waals surface area contributed by atoms with E-state index in [4.69, 9.17) is 14.7 Å². The summed E-state index contributed by atoms with van der Waals surface area (Å²) in [5.74, 6) is 0.371. The van der Waals surface area contributed by atoms with Crippen LogP contribution in [0.2, 0.25) is 0 Å². The van der Waals surface area contributed by atoms with Crippen molar-refractivity contribution >= 4 is 11.6 Å². The number of methoxy groups -OCH3 is 2. The summed E-state index contributed by atoms with van der Waals surface area (Å²) in [5.41, 5.74) is -1.15. The van der Waals surface area contributed by atoms with E-state index in [9.17, 15) is 14.4 Å². The molecule has 1 aliphatic rings. The van der Waals surface area contributed by atoms with Crippen LogP contribution in [0, 0.1) is 11.3 Å². The molecule has 3 rings (SSSR count). The van der Waals surface area contributed by atoms with Crippen LogP contribution < -0.4 is 26.0 Å².